The zero-order valence-corrected chi connectivity index (χ0v) is 13.6. The zero-order chi connectivity index (χ0) is 12.8. The average Bonchev–Trinajstić information content (AvgIpc) is 2.35. The van der Waals surface area contributed by atoms with Crippen LogP contribution in [0.3, 0.4) is 0 Å². The lowest BCUT2D eigenvalue weighted by Crippen LogP contribution is -1.99. The van der Waals surface area contributed by atoms with Crippen LogP contribution in [0.2, 0.25) is 0 Å². The first-order valence-electron chi connectivity index (χ1n) is 8.08. The second-order valence-electron chi connectivity index (χ2n) is 5.32. The SMILES string of the molecule is CCCCCCCCPC(CC)CCCCC. The monoisotopic (exact) mass is 258 g/mol. The van der Waals surface area contributed by atoms with Gasteiger partial charge in [-0.05, 0) is 31.1 Å². The summed E-state index contributed by atoms with van der Waals surface area (Å²) in [4.78, 5) is 0. The molecule has 1 heteroatoms. The summed E-state index contributed by atoms with van der Waals surface area (Å²) in [6, 6.07) is 0. The van der Waals surface area contributed by atoms with Gasteiger partial charge < -0.3 is 0 Å². The van der Waals surface area contributed by atoms with Crippen LogP contribution in [0.15, 0.2) is 0 Å². The minimum absolute atomic E-state index is 1.05. The second-order valence-corrected chi connectivity index (χ2v) is 7.05. The highest BCUT2D eigenvalue weighted by molar-refractivity contribution is 7.38. The van der Waals surface area contributed by atoms with Gasteiger partial charge in [0.15, 0.2) is 0 Å². The van der Waals surface area contributed by atoms with Gasteiger partial charge in [-0.2, -0.15) is 0 Å². The molecule has 2 unspecified atom stereocenters. The first-order valence-corrected chi connectivity index (χ1v) is 9.36. The van der Waals surface area contributed by atoms with E-state index in [1.54, 1.807) is 0 Å². The van der Waals surface area contributed by atoms with Crippen LogP contribution in [0.4, 0.5) is 0 Å². The summed E-state index contributed by atoms with van der Waals surface area (Å²) < 4.78 is 0. The van der Waals surface area contributed by atoms with Crippen LogP contribution in [-0.2, 0) is 0 Å². The molecular weight excluding hydrogens is 223 g/mol. The van der Waals surface area contributed by atoms with E-state index < -0.39 is 0 Å². The lowest BCUT2D eigenvalue weighted by molar-refractivity contribution is 0.620. The maximum atomic E-state index is 2.38. The van der Waals surface area contributed by atoms with Gasteiger partial charge in [0.2, 0.25) is 0 Å². The van der Waals surface area contributed by atoms with Gasteiger partial charge in [0.25, 0.3) is 0 Å². The van der Waals surface area contributed by atoms with E-state index in [4.69, 9.17) is 0 Å². The van der Waals surface area contributed by atoms with Crippen molar-refractivity contribution in [2.45, 2.75) is 97.1 Å². The molecule has 0 aromatic heterocycles. The van der Waals surface area contributed by atoms with Gasteiger partial charge in [0, 0.05) is 0 Å². The van der Waals surface area contributed by atoms with E-state index in [9.17, 15) is 0 Å². The van der Waals surface area contributed by atoms with Gasteiger partial charge in [0.1, 0.15) is 0 Å². The summed E-state index contributed by atoms with van der Waals surface area (Å²) in [6.45, 7) is 6.98. The Morgan fingerprint density at radius 3 is 1.94 bits per heavy atom. The minimum Gasteiger partial charge on any atom is -0.119 e. The van der Waals surface area contributed by atoms with Gasteiger partial charge in [0.05, 0.1) is 0 Å². The van der Waals surface area contributed by atoms with Crippen molar-refractivity contribution in [3.8, 4) is 0 Å². The predicted molar refractivity (Wildman–Crippen MR) is 84.8 cm³/mol. The molecule has 104 valence electrons. The number of rotatable bonds is 13. The standard InChI is InChI=1S/C16H35P/c1-4-7-9-10-11-13-15-17-16(6-3)14-12-8-5-2/h16-17H,4-15H2,1-3H3. The third-order valence-corrected chi connectivity index (χ3v) is 5.53. The third kappa shape index (κ3) is 12.7. The Balaban J connectivity index is 3.25. The summed E-state index contributed by atoms with van der Waals surface area (Å²) >= 11 is 0. The average molecular weight is 258 g/mol. The van der Waals surface area contributed by atoms with E-state index >= 15 is 0 Å². The molecule has 0 spiro atoms. The summed E-state index contributed by atoms with van der Waals surface area (Å²) in [7, 11) is 1.25. The number of unbranched alkanes of at least 4 members (excludes halogenated alkanes) is 7. The summed E-state index contributed by atoms with van der Waals surface area (Å²) in [5.74, 6) is 0. The summed E-state index contributed by atoms with van der Waals surface area (Å²) in [5.41, 5.74) is 1.05. The Kier molecular flexibility index (Phi) is 14.9. The molecular formula is C16H35P. The van der Waals surface area contributed by atoms with E-state index in [-0.39, 0.29) is 0 Å². The highest BCUT2D eigenvalue weighted by Gasteiger charge is 2.04. The lowest BCUT2D eigenvalue weighted by Gasteiger charge is -2.14. The molecule has 0 bridgehead atoms. The molecule has 0 heterocycles. The molecule has 0 saturated heterocycles. The second kappa shape index (κ2) is 14.5. The van der Waals surface area contributed by atoms with E-state index in [0.29, 0.717) is 0 Å². The molecule has 0 amide bonds. The van der Waals surface area contributed by atoms with Gasteiger partial charge in [-0.3, -0.25) is 0 Å². The van der Waals surface area contributed by atoms with Crippen LogP contribution in [-0.4, -0.2) is 11.8 Å². The van der Waals surface area contributed by atoms with E-state index in [1.807, 2.05) is 0 Å². The molecule has 17 heavy (non-hydrogen) atoms. The van der Waals surface area contributed by atoms with Gasteiger partial charge in [-0.15, -0.1) is 8.58 Å². The fourth-order valence-electron chi connectivity index (χ4n) is 2.30. The van der Waals surface area contributed by atoms with Crippen molar-refractivity contribution < 1.29 is 0 Å². The largest absolute Gasteiger partial charge is 0.119 e. The lowest BCUT2D eigenvalue weighted by atomic mass is 10.1. The van der Waals surface area contributed by atoms with Crippen LogP contribution >= 0.6 is 8.58 Å². The van der Waals surface area contributed by atoms with Crippen LogP contribution in [0, 0.1) is 0 Å². The van der Waals surface area contributed by atoms with Gasteiger partial charge in [-0.1, -0.05) is 72.1 Å². The Morgan fingerprint density at radius 1 is 0.706 bits per heavy atom. The van der Waals surface area contributed by atoms with Gasteiger partial charge in [-0.25, -0.2) is 0 Å². The van der Waals surface area contributed by atoms with Gasteiger partial charge >= 0.3 is 0 Å². The Morgan fingerprint density at radius 2 is 1.29 bits per heavy atom. The van der Waals surface area contributed by atoms with E-state index in [1.165, 1.54) is 85.4 Å². The first kappa shape index (κ1) is 17.4. The highest BCUT2D eigenvalue weighted by Crippen LogP contribution is 2.28. The maximum absolute atomic E-state index is 2.38. The molecule has 0 saturated carbocycles. The smallest absolute Gasteiger partial charge is 0.0239 e. The van der Waals surface area contributed by atoms with Crippen molar-refractivity contribution in [3.05, 3.63) is 0 Å². The topological polar surface area (TPSA) is 0 Å². The van der Waals surface area contributed by atoms with Crippen LogP contribution in [0.25, 0.3) is 0 Å². The van der Waals surface area contributed by atoms with E-state index in [0.717, 1.165) is 5.66 Å². The zero-order valence-electron chi connectivity index (χ0n) is 12.6. The molecule has 2 atom stereocenters. The maximum Gasteiger partial charge on any atom is -0.0239 e. The Hall–Kier alpha value is 0.430. The molecule has 0 aromatic rings. The van der Waals surface area contributed by atoms with E-state index in [2.05, 4.69) is 20.8 Å². The fraction of sp³-hybridized carbons (Fsp3) is 1.00. The highest BCUT2D eigenvalue weighted by atomic mass is 31.1. The molecule has 0 aliphatic carbocycles. The molecule has 0 rings (SSSR count). The van der Waals surface area contributed by atoms with Crippen LogP contribution in [0.1, 0.15) is 91.4 Å². The van der Waals surface area contributed by atoms with Crippen molar-refractivity contribution in [2.24, 2.45) is 0 Å². The first-order chi connectivity index (χ1) is 8.35. The number of hydrogen-bond acceptors (Lipinski definition) is 0. The van der Waals surface area contributed by atoms with Crippen molar-refractivity contribution in [1.29, 1.82) is 0 Å². The predicted octanol–water partition coefficient (Wildman–Crippen LogP) is 6.38. The third-order valence-electron chi connectivity index (χ3n) is 3.61. The van der Waals surface area contributed by atoms with Crippen molar-refractivity contribution >= 4 is 8.58 Å². The van der Waals surface area contributed by atoms with Crippen molar-refractivity contribution in [1.82, 2.24) is 0 Å². The van der Waals surface area contributed by atoms with Crippen LogP contribution in [0.5, 0.6) is 0 Å². The van der Waals surface area contributed by atoms with Crippen molar-refractivity contribution in [3.63, 3.8) is 0 Å². The normalized spacial score (nSPS) is 13.6. The molecule has 0 nitrogen and oxygen atoms in total. The Bertz CT molecular complexity index is 133. The van der Waals surface area contributed by atoms with Crippen molar-refractivity contribution in [2.75, 3.05) is 6.16 Å². The quantitative estimate of drug-likeness (QED) is 0.265. The molecule has 0 N–H and O–H groups in total. The fourth-order valence-corrected chi connectivity index (χ4v) is 3.86. The molecule has 0 radical (unpaired) electrons. The molecule has 0 aromatic carbocycles. The summed E-state index contributed by atoms with van der Waals surface area (Å²) in [5, 5.41) is 0. The number of hydrogen-bond donors (Lipinski definition) is 0. The van der Waals surface area contributed by atoms with Crippen LogP contribution < -0.4 is 0 Å². The summed E-state index contributed by atoms with van der Waals surface area (Å²) in [6.07, 6.45) is 17.4. The Labute approximate surface area is 112 Å². The molecule has 0 aliphatic heterocycles. The molecule has 0 aliphatic rings. The molecule has 0 fully saturated rings. The minimum atomic E-state index is 1.05.